The van der Waals surface area contributed by atoms with Gasteiger partial charge in [-0.25, -0.2) is 0 Å². The third kappa shape index (κ3) is 7.31. The molecule has 0 aromatic rings. The Labute approximate surface area is 130 Å². The van der Waals surface area contributed by atoms with Gasteiger partial charge in [0.2, 0.25) is 0 Å². The SMILES string of the molecule is CN=C(NCCCN(C)CC(F)(F)F)N1CCC(COC)C1. The Hall–Kier alpha value is -1.02. The summed E-state index contributed by atoms with van der Waals surface area (Å²) in [5.74, 6) is 1.33. The van der Waals surface area contributed by atoms with E-state index in [-0.39, 0.29) is 0 Å². The standard InChI is InChI=1S/C14H27F3N4O/c1-18-13(21-8-5-12(9-21)10-22-3)19-6-4-7-20(2)11-14(15,16)17/h12H,4-11H2,1-3H3,(H,18,19). The van der Waals surface area contributed by atoms with Crippen molar-refractivity contribution < 1.29 is 17.9 Å². The van der Waals surface area contributed by atoms with Crippen molar-refractivity contribution in [2.24, 2.45) is 10.9 Å². The van der Waals surface area contributed by atoms with Crippen LogP contribution in [0.1, 0.15) is 12.8 Å². The summed E-state index contributed by atoms with van der Waals surface area (Å²) in [5, 5.41) is 3.22. The fourth-order valence-corrected chi connectivity index (χ4v) is 2.66. The summed E-state index contributed by atoms with van der Waals surface area (Å²) in [6.07, 6.45) is -2.42. The van der Waals surface area contributed by atoms with E-state index in [0.717, 1.165) is 32.1 Å². The lowest BCUT2D eigenvalue weighted by atomic mass is 10.1. The van der Waals surface area contributed by atoms with Crippen molar-refractivity contribution in [1.82, 2.24) is 15.1 Å². The Balaban J connectivity index is 2.22. The molecule has 1 N–H and O–H groups in total. The molecule has 0 saturated carbocycles. The second-order valence-electron chi connectivity index (χ2n) is 5.74. The van der Waals surface area contributed by atoms with E-state index in [1.54, 1.807) is 14.2 Å². The molecule has 0 aromatic carbocycles. The van der Waals surface area contributed by atoms with E-state index in [4.69, 9.17) is 4.74 Å². The van der Waals surface area contributed by atoms with Crippen molar-refractivity contribution in [3.8, 4) is 0 Å². The summed E-state index contributed by atoms with van der Waals surface area (Å²) in [7, 11) is 4.91. The topological polar surface area (TPSA) is 40.1 Å². The molecule has 1 aliphatic heterocycles. The smallest absolute Gasteiger partial charge is 0.384 e. The second-order valence-corrected chi connectivity index (χ2v) is 5.74. The third-order valence-corrected chi connectivity index (χ3v) is 3.65. The minimum absolute atomic E-state index is 0.399. The monoisotopic (exact) mass is 324 g/mol. The number of ether oxygens (including phenoxy) is 1. The number of hydrogen-bond acceptors (Lipinski definition) is 3. The van der Waals surface area contributed by atoms with Gasteiger partial charge in [0.25, 0.3) is 0 Å². The van der Waals surface area contributed by atoms with Crippen LogP contribution in [0.2, 0.25) is 0 Å². The number of rotatable bonds is 7. The highest BCUT2D eigenvalue weighted by molar-refractivity contribution is 5.80. The molecule has 5 nitrogen and oxygen atoms in total. The predicted molar refractivity (Wildman–Crippen MR) is 81.1 cm³/mol. The summed E-state index contributed by atoms with van der Waals surface area (Å²) >= 11 is 0. The zero-order valence-electron chi connectivity index (χ0n) is 13.6. The van der Waals surface area contributed by atoms with Gasteiger partial charge in [-0.15, -0.1) is 0 Å². The van der Waals surface area contributed by atoms with Gasteiger partial charge in [0.05, 0.1) is 13.2 Å². The van der Waals surface area contributed by atoms with Gasteiger partial charge in [0, 0.05) is 39.7 Å². The highest BCUT2D eigenvalue weighted by Gasteiger charge is 2.29. The highest BCUT2D eigenvalue weighted by Crippen LogP contribution is 2.16. The first-order valence-corrected chi connectivity index (χ1v) is 7.55. The lowest BCUT2D eigenvalue weighted by Gasteiger charge is -2.22. The van der Waals surface area contributed by atoms with Crippen LogP contribution in [0.3, 0.4) is 0 Å². The Morgan fingerprint density at radius 2 is 2.18 bits per heavy atom. The quantitative estimate of drug-likeness (QED) is 0.437. The number of aliphatic imine (C=N–C) groups is 1. The van der Waals surface area contributed by atoms with Crippen LogP contribution in [0, 0.1) is 5.92 Å². The first kappa shape index (κ1) is 19.0. The molecule has 0 bridgehead atoms. The Morgan fingerprint density at radius 1 is 1.45 bits per heavy atom. The Kier molecular flexibility index (Phi) is 7.95. The summed E-state index contributed by atoms with van der Waals surface area (Å²) < 4.78 is 41.8. The average molecular weight is 324 g/mol. The molecule has 0 aliphatic carbocycles. The van der Waals surface area contributed by atoms with E-state index < -0.39 is 12.7 Å². The summed E-state index contributed by atoms with van der Waals surface area (Å²) in [6, 6.07) is 0. The summed E-state index contributed by atoms with van der Waals surface area (Å²) in [5.41, 5.74) is 0. The van der Waals surface area contributed by atoms with Crippen molar-refractivity contribution in [3.63, 3.8) is 0 Å². The maximum absolute atomic E-state index is 12.2. The summed E-state index contributed by atoms with van der Waals surface area (Å²) in [4.78, 5) is 7.69. The van der Waals surface area contributed by atoms with E-state index in [9.17, 15) is 13.2 Å². The van der Waals surface area contributed by atoms with Crippen LogP contribution in [0.5, 0.6) is 0 Å². The lowest BCUT2D eigenvalue weighted by molar-refractivity contribution is -0.143. The third-order valence-electron chi connectivity index (χ3n) is 3.65. The van der Waals surface area contributed by atoms with Crippen LogP contribution in [0.25, 0.3) is 0 Å². The molecular formula is C14H27F3N4O. The molecule has 22 heavy (non-hydrogen) atoms. The molecule has 1 saturated heterocycles. The molecule has 0 aromatic heterocycles. The maximum Gasteiger partial charge on any atom is 0.401 e. The van der Waals surface area contributed by atoms with Crippen LogP contribution in [-0.2, 0) is 4.74 Å². The van der Waals surface area contributed by atoms with Crippen molar-refractivity contribution in [3.05, 3.63) is 0 Å². The number of alkyl halides is 3. The van der Waals surface area contributed by atoms with Gasteiger partial charge < -0.3 is 15.0 Å². The fraction of sp³-hybridized carbons (Fsp3) is 0.929. The average Bonchev–Trinajstić information content (AvgIpc) is 2.85. The van der Waals surface area contributed by atoms with Crippen molar-refractivity contribution in [2.75, 3.05) is 60.5 Å². The van der Waals surface area contributed by atoms with Gasteiger partial charge in [-0.2, -0.15) is 13.2 Å². The first-order chi connectivity index (χ1) is 10.4. The number of hydrogen-bond donors (Lipinski definition) is 1. The van der Waals surface area contributed by atoms with E-state index in [2.05, 4.69) is 15.2 Å². The van der Waals surface area contributed by atoms with Gasteiger partial charge in [0.15, 0.2) is 5.96 Å². The van der Waals surface area contributed by atoms with Gasteiger partial charge in [-0.05, 0) is 26.4 Å². The van der Waals surface area contributed by atoms with Gasteiger partial charge in [-0.3, -0.25) is 9.89 Å². The number of nitrogens with one attached hydrogen (secondary N) is 1. The number of nitrogens with zero attached hydrogens (tertiary/aromatic N) is 3. The number of halogens is 3. The second kappa shape index (κ2) is 9.19. The van der Waals surface area contributed by atoms with E-state index in [0.29, 0.717) is 25.4 Å². The largest absolute Gasteiger partial charge is 0.401 e. The summed E-state index contributed by atoms with van der Waals surface area (Å²) in [6.45, 7) is 2.72. The molecule has 1 heterocycles. The van der Waals surface area contributed by atoms with Crippen LogP contribution in [-0.4, -0.2) is 82.5 Å². The van der Waals surface area contributed by atoms with Crippen LogP contribution >= 0.6 is 0 Å². The minimum Gasteiger partial charge on any atom is -0.384 e. The van der Waals surface area contributed by atoms with Crippen molar-refractivity contribution in [2.45, 2.75) is 19.0 Å². The number of guanidine groups is 1. The highest BCUT2D eigenvalue weighted by atomic mass is 19.4. The molecule has 1 unspecified atom stereocenters. The Bertz CT molecular complexity index is 349. The van der Waals surface area contributed by atoms with E-state index in [1.807, 2.05) is 0 Å². The molecule has 0 spiro atoms. The van der Waals surface area contributed by atoms with Gasteiger partial charge in [0.1, 0.15) is 0 Å². The van der Waals surface area contributed by atoms with Gasteiger partial charge in [-0.1, -0.05) is 0 Å². The molecule has 0 radical (unpaired) electrons. The normalized spacial score (nSPS) is 20.0. The van der Waals surface area contributed by atoms with E-state index >= 15 is 0 Å². The van der Waals surface area contributed by atoms with Crippen molar-refractivity contribution >= 4 is 5.96 Å². The lowest BCUT2D eigenvalue weighted by Crippen LogP contribution is -2.41. The molecular weight excluding hydrogens is 297 g/mol. The predicted octanol–water partition coefficient (Wildman–Crippen LogP) is 1.41. The molecule has 1 fully saturated rings. The molecule has 1 atom stereocenters. The molecule has 130 valence electrons. The molecule has 0 amide bonds. The zero-order valence-corrected chi connectivity index (χ0v) is 13.6. The van der Waals surface area contributed by atoms with Crippen molar-refractivity contribution in [1.29, 1.82) is 0 Å². The fourth-order valence-electron chi connectivity index (χ4n) is 2.66. The van der Waals surface area contributed by atoms with Crippen LogP contribution in [0.4, 0.5) is 13.2 Å². The first-order valence-electron chi connectivity index (χ1n) is 7.55. The molecule has 8 heteroatoms. The zero-order chi connectivity index (χ0) is 16.6. The maximum atomic E-state index is 12.2. The van der Waals surface area contributed by atoms with Crippen LogP contribution < -0.4 is 5.32 Å². The molecule has 1 aliphatic rings. The number of methoxy groups -OCH3 is 1. The van der Waals surface area contributed by atoms with E-state index in [1.165, 1.54) is 11.9 Å². The molecule has 1 rings (SSSR count). The Morgan fingerprint density at radius 3 is 2.77 bits per heavy atom. The van der Waals surface area contributed by atoms with Crippen LogP contribution in [0.15, 0.2) is 4.99 Å². The number of likely N-dealkylation sites (tertiary alicyclic amines) is 1. The van der Waals surface area contributed by atoms with Gasteiger partial charge >= 0.3 is 6.18 Å². The minimum atomic E-state index is -4.13.